The van der Waals surface area contributed by atoms with Crippen molar-refractivity contribution in [2.45, 2.75) is 45.2 Å². The molecular formula is C20H30N3O4S+. The smallest absolute Gasteiger partial charge is 0.282 e. The molecule has 0 fully saturated rings. The summed E-state index contributed by atoms with van der Waals surface area (Å²) in [4.78, 5) is 13.8. The Kier molecular flexibility index (Phi) is 7.40. The third kappa shape index (κ3) is 5.01. The highest BCUT2D eigenvalue weighted by Gasteiger charge is 2.26. The first kappa shape index (κ1) is 22.1. The predicted octanol–water partition coefficient (Wildman–Crippen LogP) is 1.66. The number of amides is 1. The molecule has 0 aliphatic heterocycles. The number of carbonyl (C=O) groups excluding carboxylic acids is 1. The normalized spacial score (nSPS) is 14.1. The van der Waals surface area contributed by atoms with Crippen LogP contribution in [0.5, 0.6) is 0 Å². The van der Waals surface area contributed by atoms with E-state index in [4.69, 9.17) is 4.42 Å². The summed E-state index contributed by atoms with van der Waals surface area (Å²) in [6, 6.07) is 8.33. The van der Waals surface area contributed by atoms with E-state index >= 15 is 0 Å². The lowest BCUT2D eigenvalue weighted by atomic mass is 10.2. The first-order valence-electron chi connectivity index (χ1n) is 9.47. The maximum Gasteiger partial charge on any atom is 0.282 e. The van der Waals surface area contributed by atoms with Crippen molar-refractivity contribution in [3.05, 3.63) is 47.9 Å². The molecule has 2 atom stereocenters. The Bertz CT molecular complexity index is 890. The lowest BCUT2D eigenvalue weighted by Crippen LogP contribution is -3.12. The van der Waals surface area contributed by atoms with Gasteiger partial charge in [-0.25, -0.2) is 8.42 Å². The third-order valence-electron chi connectivity index (χ3n) is 4.94. The number of hydrogen-bond acceptors (Lipinski definition) is 4. The van der Waals surface area contributed by atoms with E-state index < -0.39 is 10.0 Å². The van der Waals surface area contributed by atoms with Gasteiger partial charge in [0.1, 0.15) is 6.54 Å². The van der Waals surface area contributed by atoms with Gasteiger partial charge in [-0.3, -0.25) is 4.79 Å². The zero-order chi connectivity index (χ0) is 20.9. The Hall–Kier alpha value is -2.16. The van der Waals surface area contributed by atoms with E-state index in [1.165, 1.54) is 10.4 Å². The van der Waals surface area contributed by atoms with Crippen molar-refractivity contribution in [1.29, 1.82) is 0 Å². The highest BCUT2D eigenvalue weighted by Crippen LogP contribution is 2.23. The molecule has 154 valence electrons. The molecular weight excluding hydrogens is 378 g/mol. The summed E-state index contributed by atoms with van der Waals surface area (Å²) in [5, 5.41) is 2.84. The summed E-state index contributed by atoms with van der Waals surface area (Å²) in [5.41, 5.74) is 1.12. The second kappa shape index (κ2) is 9.36. The molecule has 2 aromatic rings. The largest absolute Gasteiger partial charge is 0.463 e. The fraction of sp³-hybridized carbons (Fsp3) is 0.450. The standard InChI is InChI=1S/C20H29N3O4S/c1-6-23(7-2)28(25,26)19-13-17(11-10-15(19)3)21-20(24)16(4)22(5)14-18-9-8-12-27-18/h8-13,16H,6-7,14H2,1-5H3,(H,21,24)/p+1/t16-/m1/s1. The van der Waals surface area contributed by atoms with E-state index in [9.17, 15) is 13.2 Å². The van der Waals surface area contributed by atoms with Crippen LogP contribution in [-0.4, -0.2) is 44.8 Å². The molecule has 0 aliphatic carbocycles. The summed E-state index contributed by atoms with van der Waals surface area (Å²) in [6.07, 6.45) is 1.61. The minimum atomic E-state index is -3.60. The highest BCUT2D eigenvalue weighted by atomic mass is 32.2. The third-order valence-corrected chi connectivity index (χ3v) is 7.14. The van der Waals surface area contributed by atoms with Gasteiger partial charge in [-0.1, -0.05) is 19.9 Å². The van der Waals surface area contributed by atoms with Crippen LogP contribution in [0.15, 0.2) is 45.9 Å². The lowest BCUT2D eigenvalue weighted by molar-refractivity contribution is -0.908. The summed E-state index contributed by atoms with van der Waals surface area (Å²) in [6.45, 7) is 8.57. The Labute approximate surface area is 167 Å². The number of aryl methyl sites for hydroxylation is 1. The molecule has 0 spiro atoms. The van der Waals surface area contributed by atoms with E-state index in [1.807, 2.05) is 26.1 Å². The number of nitrogens with zero attached hydrogens (tertiary/aromatic N) is 1. The minimum absolute atomic E-state index is 0.181. The molecule has 0 bridgehead atoms. The monoisotopic (exact) mass is 408 g/mol. The fourth-order valence-electron chi connectivity index (χ4n) is 2.97. The quantitative estimate of drug-likeness (QED) is 0.661. The number of benzene rings is 1. The number of furan rings is 1. The van der Waals surface area contributed by atoms with Crippen molar-refractivity contribution in [3.63, 3.8) is 0 Å². The van der Waals surface area contributed by atoms with Crippen LogP contribution in [0, 0.1) is 6.92 Å². The predicted molar refractivity (Wildman–Crippen MR) is 109 cm³/mol. The number of sulfonamides is 1. The number of carbonyl (C=O) groups is 1. The van der Waals surface area contributed by atoms with Gasteiger partial charge in [0.2, 0.25) is 10.0 Å². The van der Waals surface area contributed by atoms with Crippen LogP contribution in [0.4, 0.5) is 5.69 Å². The Balaban J connectivity index is 2.17. The van der Waals surface area contributed by atoms with Gasteiger partial charge in [0.05, 0.1) is 18.2 Å². The van der Waals surface area contributed by atoms with Gasteiger partial charge in [-0.05, 0) is 43.7 Å². The average Bonchev–Trinajstić information content (AvgIpc) is 3.16. The Morgan fingerprint density at radius 1 is 1.25 bits per heavy atom. The number of anilines is 1. The highest BCUT2D eigenvalue weighted by molar-refractivity contribution is 7.89. The molecule has 1 heterocycles. The molecule has 1 aromatic carbocycles. The van der Waals surface area contributed by atoms with Crippen molar-refractivity contribution >= 4 is 21.6 Å². The van der Waals surface area contributed by atoms with Gasteiger partial charge in [0, 0.05) is 18.8 Å². The lowest BCUT2D eigenvalue weighted by Gasteiger charge is -2.22. The van der Waals surface area contributed by atoms with Crippen LogP contribution < -0.4 is 10.2 Å². The van der Waals surface area contributed by atoms with Crippen molar-refractivity contribution in [2.24, 2.45) is 0 Å². The van der Waals surface area contributed by atoms with Crippen LogP contribution in [0.3, 0.4) is 0 Å². The van der Waals surface area contributed by atoms with Crippen LogP contribution >= 0.6 is 0 Å². The van der Waals surface area contributed by atoms with Gasteiger partial charge in [0.25, 0.3) is 5.91 Å². The summed E-state index contributed by atoms with van der Waals surface area (Å²) in [7, 11) is -1.68. The van der Waals surface area contributed by atoms with E-state index in [2.05, 4.69) is 5.32 Å². The topological polar surface area (TPSA) is 84.1 Å². The molecule has 0 radical (unpaired) electrons. The first-order valence-corrected chi connectivity index (χ1v) is 10.9. The molecule has 0 aliphatic rings. The van der Waals surface area contributed by atoms with E-state index in [0.717, 1.165) is 10.7 Å². The number of rotatable bonds is 9. The molecule has 28 heavy (non-hydrogen) atoms. The number of nitrogens with one attached hydrogen (secondary N) is 2. The number of likely N-dealkylation sites (N-methyl/N-ethyl adjacent to an activating group) is 1. The van der Waals surface area contributed by atoms with Crippen molar-refractivity contribution in [2.75, 3.05) is 25.5 Å². The van der Waals surface area contributed by atoms with Gasteiger partial charge in [0.15, 0.2) is 11.8 Å². The van der Waals surface area contributed by atoms with Gasteiger partial charge in [-0.2, -0.15) is 4.31 Å². The SMILES string of the molecule is CCN(CC)S(=O)(=O)c1cc(NC(=O)[C@@H](C)[NH+](C)Cc2ccco2)ccc1C. The second-order valence-electron chi connectivity index (χ2n) is 6.88. The maximum atomic E-state index is 12.9. The molecule has 2 rings (SSSR count). The van der Waals surface area contributed by atoms with Crippen molar-refractivity contribution < 1.29 is 22.5 Å². The number of hydrogen-bond donors (Lipinski definition) is 2. The fourth-order valence-corrected chi connectivity index (χ4v) is 4.68. The molecule has 1 amide bonds. The van der Waals surface area contributed by atoms with Crippen LogP contribution in [0.2, 0.25) is 0 Å². The minimum Gasteiger partial charge on any atom is -0.463 e. The molecule has 1 aromatic heterocycles. The van der Waals surface area contributed by atoms with E-state index in [1.54, 1.807) is 39.2 Å². The summed E-state index contributed by atoms with van der Waals surface area (Å²) in [5.74, 6) is 0.624. The second-order valence-corrected chi connectivity index (χ2v) is 8.79. The van der Waals surface area contributed by atoms with Crippen molar-refractivity contribution in [1.82, 2.24) is 4.31 Å². The van der Waals surface area contributed by atoms with Crippen molar-refractivity contribution in [3.8, 4) is 0 Å². The zero-order valence-electron chi connectivity index (χ0n) is 17.2. The zero-order valence-corrected chi connectivity index (χ0v) is 18.0. The van der Waals surface area contributed by atoms with Gasteiger partial charge >= 0.3 is 0 Å². The first-order chi connectivity index (χ1) is 13.2. The van der Waals surface area contributed by atoms with Gasteiger partial charge < -0.3 is 14.6 Å². The van der Waals surface area contributed by atoms with E-state index in [0.29, 0.717) is 30.9 Å². The van der Waals surface area contributed by atoms with Gasteiger partial charge in [-0.15, -0.1) is 0 Å². The molecule has 7 nitrogen and oxygen atoms in total. The van der Waals surface area contributed by atoms with Crippen LogP contribution in [0.1, 0.15) is 32.1 Å². The summed E-state index contributed by atoms with van der Waals surface area (Å²) >= 11 is 0. The average molecular weight is 409 g/mol. The van der Waals surface area contributed by atoms with Crippen LogP contribution in [-0.2, 0) is 21.4 Å². The Morgan fingerprint density at radius 2 is 1.93 bits per heavy atom. The van der Waals surface area contributed by atoms with Crippen LogP contribution in [0.25, 0.3) is 0 Å². The van der Waals surface area contributed by atoms with E-state index in [-0.39, 0.29) is 16.8 Å². The molecule has 0 saturated heterocycles. The molecule has 0 saturated carbocycles. The summed E-state index contributed by atoms with van der Waals surface area (Å²) < 4.78 is 32.5. The molecule has 1 unspecified atom stereocenters. The molecule has 2 N–H and O–H groups in total. The Morgan fingerprint density at radius 3 is 2.50 bits per heavy atom. The molecule has 8 heteroatoms. The maximum absolute atomic E-state index is 12.9. The number of quaternary nitrogens is 1.